The molecule has 2 N–H and O–H groups in total. The van der Waals surface area contributed by atoms with E-state index in [1.54, 1.807) is 0 Å². The van der Waals surface area contributed by atoms with E-state index in [4.69, 9.17) is 4.74 Å². The Kier molecular flexibility index (Phi) is 2.38. The third-order valence-corrected chi connectivity index (χ3v) is 3.07. The highest BCUT2D eigenvalue weighted by atomic mass is 16.5. The summed E-state index contributed by atoms with van der Waals surface area (Å²) in [6, 6.07) is 6.09. The zero-order valence-electron chi connectivity index (χ0n) is 8.95. The van der Waals surface area contributed by atoms with E-state index < -0.39 is 0 Å². The molecule has 4 nitrogen and oxygen atoms in total. The van der Waals surface area contributed by atoms with E-state index in [1.165, 1.54) is 11.1 Å². The molecule has 0 unspecified atom stereocenters. The molecule has 3 rings (SSSR count). The monoisotopic (exact) mass is 218 g/mol. The number of rotatable bonds is 2. The molecule has 1 aromatic rings. The number of benzene rings is 1. The predicted octanol–water partition coefficient (Wildman–Crippen LogP) is 0.418. The summed E-state index contributed by atoms with van der Waals surface area (Å²) in [6.07, 6.45) is 0. The van der Waals surface area contributed by atoms with Gasteiger partial charge in [0, 0.05) is 18.7 Å². The van der Waals surface area contributed by atoms with E-state index >= 15 is 0 Å². The van der Waals surface area contributed by atoms with Crippen molar-refractivity contribution in [3.8, 4) is 0 Å². The van der Waals surface area contributed by atoms with Crippen LogP contribution in [0.2, 0.25) is 0 Å². The Morgan fingerprint density at radius 2 is 2.12 bits per heavy atom. The van der Waals surface area contributed by atoms with Crippen LogP contribution >= 0.6 is 0 Å². The molecule has 0 aliphatic carbocycles. The second kappa shape index (κ2) is 3.88. The van der Waals surface area contributed by atoms with E-state index in [2.05, 4.69) is 10.6 Å². The lowest BCUT2D eigenvalue weighted by atomic mass is 10.1. The van der Waals surface area contributed by atoms with Crippen molar-refractivity contribution in [2.75, 3.05) is 13.2 Å². The van der Waals surface area contributed by atoms with Crippen molar-refractivity contribution in [3.63, 3.8) is 0 Å². The van der Waals surface area contributed by atoms with E-state index in [1.807, 2.05) is 18.2 Å². The molecule has 0 spiro atoms. The Bertz CT molecular complexity index is 427. The summed E-state index contributed by atoms with van der Waals surface area (Å²) in [5.41, 5.74) is 3.27. The highest BCUT2D eigenvalue weighted by Crippen LogP contribution is 2.17. The average molecular weight is 218 g/mol. The molecule has 0 saturated carbocycles. The predicted molar refractivity (Wildman–Crippen MR) is 59.1 cm³/mol. The molecular formula is C12H14N2O2. The minimum atomic E-state index is 0.00278. The molecule has 2 aliphatic heterocycles. The zero-order valence-corrected chi connectivity index (χ0v) is 8.95. The van der Waals surface area contributed by atoms with Gasteiger partial charge in [0.2, 0.25) is 0 Å². The van der Waals surface area contributed by atoms with Gasteiger partial charge in [-0.25, -0.2) is 0 Å². The number of fused-ring (bicyclic) bond motifs is 1. The van der Waals surface area contributed by atoms with Crippen LogP contribution in [0.4, 0.5) is 0 Å². The maximum absolute atomic E-state index is 11.9. The Morgan fingerprint density at radius 3 is 2.88 bits per heavy atom. The number of hydrogen-bond donors (Lipinski definition) is 2. The van der Waals surface area contributed by atoms with Crippen LogP contribution in [0.3, 0.4) is 0 Å². The van der Waals surface area contributed by atoms with E-state index in [9.17, 15) is 4.79 Å². The summed E-state index contributed by atoms with van der Waals surface area (Å²) in [5.74, 6) is 0.00278. The lowest BCUT2D eigenvalue weighted by molar-refractivity contribution is -0.00346. The van der Waals surface area contributed by atoms with Gasteiger partial charge in [-0.15, -0.1) is 0 Å². The largest absolute Gasteiger partial charge is 0.377 e. The van der Waals surface area contributed by atoms with E-state index in [-0.39, 0.29) is 11.9 Å². The molecule has 4 heteroatoms. The fourth-order valence-electron chi connectivity index (χ4n) is 2.02. The molecule has 0 aromatic heterocycles. The molecular weight excluding hydrogens is 204 g/mol. The number of nitrogens with one attached hydrogen (secondary N) is 2. The van der Waals surface area contributed by atoms with Crippen molar-refractivity contribution in [3.05, 3.63) is 34.9 Å². The molecule has 2 heterocycles. The number of carbonyl (C=O) groups excluding carboxylic acids is 1. The van der Waals surface area contributed by atoms with Gasteiger partial charge in [0.15, 0.2) is 0 Å². The van der Waals surface area contributed by atoms with Crippen LogP contribution in [-0.4, -0.2) is 25.2 Å². The summed E-state index contributed by atoms with van der Waals surface area (Å²) in [5, 5.41) is 6.20. The molecule has 16 heavy (non-hydrogen) atoms. The lowest BCUT2D eigenvalue weighted by Gasteiger charge is -2.26. The summed E-state index contributed by atoms with van der Waals surface area (Å²) >= 11 is 0. The normalized spacial score (nSPS) is 19.0. The first-order chi connectivity index (χ1) is 7.83. The molecule has 0 atom stereocenters. The van der Waals surface area contributed by atoms with Crippen molar-refractivity contribution in [2.45, 2.75) is 19.1 Å². The van der Waals surface area contributed by atoms with Gasteiger partial charge in [-0.2, -0.15) is 0 Å². The fraction of sp³-hybridized carbons (Fsp3) is 0.417. The third-order valence-electron chi connectivity index (χ3n) is 3.07. The van der Waals surface area contributed by atoms with Gasteiger partial charge in [0.1, 0.15) is 0 Å². The fourth-order valence-corrected chi connectivity index (χ4v) is 2.02. The average Bonchev–Trinajstić information content (AvgIpc) is 2.69. The van der Waals surface area contributed by atoms with Crippen LogP contribution in [0.1, 0.15) is 21.5 Å². The molecule has 0 radical (unpaired) electrons. The molecule has 1 saturated heterocycles. The number of hydrogen-bond acceptors (Lipinski definition) is 3. The van der Waals surface area contributed by atoms with Crippen LogP contribution in [0, 0.1) is 0 Å². The smallest absolute Gasteiger partial charge is 0.251 e. The van der Waals surface area contributed by atoms with E-state index in [0.29, 0.717) is 13.2 Å². The maximum Gasteiger partial charge on any atom is 0.251 e. The van der Waals surface area contributed by atoms with Crippen molar-refractivity contribution in [1.82, 2.24) is 10.6 Å². The highest BCUT2D eigenvalue weighted by Gasteiger charge is 2.21. The van der Waals surface area contributed by atoms with E-state index in [0.717, 1.165) is 18.7 Å². The third kappa shape index (κ3) is 1.70. The van der Waals surface area contributed by atoms with Crippen LogP contribution in [-0.2, 0) is 17.8 Å². The first kappa shape index (κ1) is 9.81. The van der Waals surface area contributed by atoms with Crippen LogP contribution in [0.25, 0.3) is 0 Å². The summed E-state index contributed by atoms with van der Waals surface area (Å²) in [7, 11) is 0. The Hall–Kier alpha value is -1.39. The molecule has 1 fully saturated rings. The van der Waals surface area contributed by atoms with Crippen molar-refractivity contribution >= 4 is 5.91 Å². The Balaban J connectivity index is 1.75. The highest BCUT2D eigenvalue weighted by molar-refractivity contribution is 5.94. The van der Waals surface area contributed by atoms with Gasteiger partial charge >= 0.3 is 0 Å². The van der Waals surface area contributed by atoms with Crippen LogP contribution in [0.5, 0.6) is 0 Å². The van der Waals surface area contributed by atoms with Gasteiger partial charge in [-0.3, -0.25) is 4.79 Å². The van der Waals surface area contributed by atoms with Crippen LogP contribution in [0.15, 0.2) is 18.2 Å². The SMILES string of the molecule is O=C(NC1COC1)c1ccc2c(c1)CNC2. The first-order valence-corrected chi connectivity index (χ1v) is 5.54. The zero-order chi connectivity index (χ0) is 11.0. The number of amides is 1. The van der Waals surface area contributed by atoms with Gasteiger partial charge in [0.05, 0.1) is 19.3 Å². The van der Waals surface area contributed by atoms with Crippen molar-refractivity contribution in [2.24, 2.45) is 0 Å². The Labute approximate surface area is 94.0 Å². The number of carbonyl (C=O) groups is 1. The van der Waals surface area contributed by atoms with Gasteiger partial charge in [-0.05, 0) is 23.3 Å². The second-order valence-electron chi connectivity index (χ2n) is 4.29. The summed E-state index contributed by atoms with van der Waals surface area (Å²) < 4.78 is 5.02. The molecule has 0 bridgehead atoms. The standard InChI is InChI=1S/C12H14N2O2/c15-12(14-11-6-16-7-11)8-1-2-9-4-13-5-10(9)3-8/h1-3,11,13H,4-7H2,(H,14,15). The second-order valence-corrected chi connectivity index (χ2v) is 4.29. The topological polar surface area (TPSA) is 50.4 Å². The van der Waals surface area contributed by atoms with Gasteiger partial charge < -0.3 is 15.4 Å². The lowest BCUT2D eigenvalue weighted by Crippen LogP contribution is -2.48. The first-order valence-electron chi connectivity index (χ1n) is 5.54. The van der Waals surface area contributed by atoms with Gasteiger partial charge in [0.25, 0.3) is 5.91 Å². The minimum absolute atomic E-state index is 0.00278. The van der Waals surface area contributed by atoms with Crippen molar-refractivity contribution < 1.29 is 9.53 Å². The Morgan fingerprint density at radius 1 is 1.31 bits per heavy atom. The molecule has 1 amide bonds. The summed E-state index contributed by atoms with van der Waals surface area (Å²) in [6.45, 7) is 3.05. The van der Waals surface area contributed by atoms with Gasteiger partial charge in [-0.1, -0.05) is 6.07 Å². The van der Waals surface area contributed by atoms with Crippen molar-refractivity contribution in [1.29, 1.82) is 0 Å². The number of ether oxygens (including phenoxy) is 1. The quantitative estimate of drug-likeness (QED) is 0.756. The minimum Gasteiger partial charge on any atom is -0.377 e. The molecule has 84 valence electrons. The molecule has 1 aromatic carbocycles. The molecule has 2 aliphatic rings. The summed E-state index contributed by atoms with van der Waals surface area (Å²) in [4.78, 5) is 11.9. The maximum atomic E-state index is 11.9. The van der Waals surface area contributed by atoms with Crippen LogP contribution < -0.4 is 10.6 Å².